The lowest BCUT2D eigenvalue weighted by Crippen LogP contribution is -2.34. The molecule has 1 saturated heterocycles. The fraction of sp³-hybridized carbons (Fsp3) is 0.692. The predicted molar refractivity (Wildman–Crippen MR) is 86.2 cm³/mol. The summed E-state index contributed by atoms with van der Waals surface area (Å²) in [6.07, 6.45) is 3.48. The van der Waals surface area contributed by atoms with E-state index in [1.165, 1.54) is 12.8 Å². The van der Waals surface area contributed by atoms with E-state index in [1.807, 2.05) is 10.3 Å². The van der Waals surface area contributed by atoms with Gasteiger partial charge in [-0.2, -0.15) is 0 Å². The first-order valence-corrected chi connectivity index (χ1v) is 7.53. The molecule has 2 N–H and O–H groups in total. The summed E-state index contributed by atoms with van der Waals surface area (Å²) in [5, 5.41) is 3.05. The minimum absolute atomic E-state index is 0. The standard InChI is InChI=1S/C13H19N3OS.2ClH/c1-8-4-9(5-14)6-16(8)13(17)11-7-18-12(15-11)10-2-3-10;;/h7-10H,2-6,14H2,1H3;2*1H. The van der Waals surface area contributed by atoms with Crippen LogP contribution >= 0.6 is 36.2 Å². The summed E-state index contributed by atoms with van der Waals surface area (Å²) < 4.78 is 0. The van der Waals surface area contributed by atoms with Crippen molar-refractivity contribution in [2.45, 2.75) is 38.1 Å². The fourth-order valence-corrected chi connectivity index (χ4v) is 3.61. The first-order chi connectivity index (χ1) is 8.69. The van der Waals surface area contributed by atoms with Gasteiger partial charge in [0.25, 0.3) is 5.91 Å². The van der Waals surface area contributed by atoms with Gasteiger partial charge in [-0.25, -0.2) is 4.98 Å². The van der Waals surface area contributed by atoms with Gasteiger partial charge in [0.1, 0.15) is 5.69 Å². The van der Waals surface area contributed by atoms with Crippen molar-refractivity contribution in [3.05, 3.63) is 16.1 Å². The minimum atomic E-state index is 0. The summed E-state index contributed by atoms with van der Waals surface area (Å²) >= 11 is 1.63. The Morgan fingerprint density at radius 1 is 1.50 bits per heavy atom. The van der Waals surface area contributed by atoms with Gasteiger partial charge < -0.3 is 10.6 Å². The molecule has 1 aromatic heterocycles. The number of carbonyl (C=O) groups excluding carboxylic acids is 1. The largest absolute Gasteiger partial charge is 0.334 e. The van der Waals surface area contributed by atoms with Crippen molar-refractivity contribution in [2.75, 3.05) is 13.1 Å². The molecule has 1 saturated carbocycles. The zero-order chi connectivity index (χ0) is 12.7. The lowest BCUT2D eigenvalue weighted by Gasteiger charge is -2.20. The van der Waals surface area contributed by atoms with Crippen LogP contribution in [0.4, 0.5) is 0 Å². The summed E-state index contributed by atoms with van der Waals surface area (Å²) in [4.78, 5) is 18.8. The van der Waals surface area contributed by atoms with Crippen LogP contribution in [0, 0.1) is 5.92 Å². The number of rotatable bonds is 3. The van der Waals surface area contributed by atoms with Crippen molar-refractivity contribution in [1.82, 2.24) is 9.88 Å². The molecule has 0 spiro atoms. The minimum Gasteiger partial charge on any atom is -0.334 e. The van der Waals surface area contributed by atoms with Gasteiger partial charge in [-0.3, -0.25) is 4.79 Å². The molecule has 1 aliphatic heterocycles. The second-order valence-electron chi connectivity index (χ2n) is 5.49. The third-order valence-corrected chi connectivity index (χ3v) is 4.93. The maximum Gasteiger partial charge on any atom is 0.273 e. The third-order valence-electron chi connectivity index (χ3n) is 3.92. The molecule has 1 aromatic rings. The van der Waals surface area contributed by atoms with E-state index >= 15 is 0 Å². The number of thiazole rings is 1. The molecular weight excluding hydrogens is 317 g/mol. The van der Waals surface area contributed by atoms with Crippen LogP contribution in [0.5, 0.6) is 0 Å². The van der Waals surface area contributed by atoms with Crippen molar-refractivity contribution in [3.63, 3.8) is 0 Å². The van der Waals surface area contributed by atoms with Crippen molar-refractivity contribution < 1.29 is 4.79 Å². The van der Waals surface area contributed by atoms with Crippen LogP contribution in [0.15, 0.2) is 5.38 Å². The van der Waals surface area contributed by atoms with Crippen LogP contribution in [-0.2, 0) is 0 Å². The number of hydrogen-bond acceptors (Lipinski definition) is 4. The highest BCUT2D eigenvalue weighted by molar-refractivity contribution is 7.10. The zero-order valence-corrected chi connectivity index (χ0v) is 13.9. The number of carbonyl (C=O) groups is 1. The molecule has 3 rings (SSSR count). The summed E-state index contributed by atoms with van der Waals surface area (Å²) in [5.74, 6) is 1.16. The molecule has 0 bridgehead atoms. The lowest BCUT2D eigenvalue weighted by atomic mass is 10.1. The Kier molecular flexibility index (Phi) is 6.25. The van der Waals surface area contributed by atoms with E-state index in [0.717, 1.165) is 18.0 Å². The van der Waals surface area contributed by atoms with Crippen LogP contribution in [0.3, 0.4) is 0 Å². The molecule has 0 aromatic carbocycles. The van der Waals surface area contributed by atoms with Gasteiger partial charge in [0, 0.05) is 23.9 Å². The quantitative estimate of drug-likeness (QED) is 0.922. The molecule has 2 aliphatic rings. The fourth-order valence-electron chi connectivity index (χ4n) is 2.65. The van der Waals surface area contributed by atoms with Crippen LogP contribution in [0.1, 0.15) is 47.6 Å². The summed E-state index contributed by atoms with van der Waals surface area (Å²) in [5.41, 5.74) is 6.33. The molecule has 1 amide bonds. The molecule has 4 nitrogen and oxygen atoms in total. The Morgan fingerprint density at radius 3 is 2.75 bits per heavy atom. The van der Waals surface area contributed by atoms with Gasteiger partial charge in [-0.05, 0) is 38.6 Å². The van der Waals surface area contributed by atoms with Gasteiger partial charge in [0.2, 0.25) is 0 Å². The van der Waals surface area contributed by atoms with Crippen LogP contribution in [0.25, 0.3) is 0 Å². The zero-order valence-electron chi connectivity index (χ0n) is 11.4. The van der Waals surface area contributed by atoms with Gasteiger partial charge in [-0.1, -0.05) is 0 Å². The van der Waals surface area contributed by atoms with Crippen LogP contribution < -0.4 is 5.73 Å². The average molecular weight is 338 g/mol. The summed E-state index contributed by atoms with van der Waals surface area (Å²) in [7, 11) is 0. The van der Waals surface area contributed by atoms with Crippen molar-refractivity contribution in [3.8, 4) is 0 Å². The Hall–Kier alpha value is -0.360. The van der Waals surface area contributed by atoms with Gasteiger partial charge in [0.15, 0.2) is 0 Å². The number of nitrogens with two attached hydrogens (primary N) is 1. The second kappa shape index (κ2) is 7.07. The summed E-state index contributed by atoms with van der Waals surface area (Å²) in [6.45, 7) is 3.55. The molecule has 2 unspecified atom stereocenters. The third kappa shape index (κ3) is 3.45. The number of likely N-dealkylation sites (tertiary alicyclic amines) is 1. The highest BCUT2D eigenvalue weighted by Crippen LogP contribution is 2.41. The van der Waals surface area contributed by atoms with Crippen molar-refractivity contribution >= 4 is 42.1 Å². The normalized spacial score (nSPS) is 25.0. The smallest absolute Gasteiger partial charge is 0.273 e. The number of hydrogen-bond donors (Lipinski definition) is 1. The SMILES string of the molecule is CC1CC(CN)CN1C(=O)c1csc(C2CC2)n1.Cl.Cl. The van der Waals surface area contributed by atoms with Crippen LogP contribution in [0.2, 0.25) is 0 Å². The van der Waals surface area contributed by atoms with E-state index in [-0.39, 0.29) is 36.8 Å². The Balaban J connectivity index is 0.000001000. The van der Waals surface area contributed by atoms with E-state index < -0.39 is 0 Å². The number of aromatic nitrogens is 1. The van der Waals surface area contributed by atoms with Crippen LogP contribution in [-0.4, -0.2) is 34.9 Å². The highest BCUT2D eigenvalue weighted by Gasteiger charge is 2.34. The molecular formula is C13H21Cl2N3OS. The second-order valence-corrected chi connectivity index (χ2v) is 6.38. The van der Waals surface area contributed by atoms with Gasteiger partial charge >= 0.3 is 0 Å². The predicted octanol–water partition coefficient (Wildman–Crippen LogP) is 2.67. The first kappa shape index (κ1) is 17.7. The molecule has 20 heavy (non-hydrogen) atoms. The van der Waals surface area contributed by atoms with E-state index in [9.17, 15) is 4.79 Å². The van der Waals surface area contributed by atoms with Gasteiger partial charge in [0.05, 0.1) is 5.01 Å². The van der Waals surface area contributed by atoms with E-state index in [4.69, 9.17) is 5.73 Å². The number of halogens is 2. The molecule has 7 heteroatoms. The first-order valence-electron chi connectivity index (χ1n) is 6.65. The van der Waals surface area contributed by atoms with Crippen molar-refractivity contribution in [1.29, 1.82) is 0 Å². The monoisotopic (exact) mass is 337 g/mol. The van der Waals surface area contributed by atoms with E-state index in [2.05, 4.69) is 11.9 Å². The molecule has 2 fully saturated rings. The van der Waals surface area contributed by atoms with Crippen molar-refractivity contribution in [2.24, 2.45) is 11.7 Å². The van der Waals surface area contributed by atoms with Gasteiger partial charge in [-0.15, -0.1) is 36.2 Å². The number of amides is 1. The molecule has 114 valence electrons. The lowest BCUT2D eigenvalue weighted by molar-refractivity contribution is 0.0738. The Morgan fingerprint density at radius 2 is 2.20 bits per heavy atom. The average Bonchev–Trinajstić information content (AvgIpc) is 2.98. The number of nitrogens with zero attached hydrogens (tertiary/aromatic N) is 2. The van der Waals surface area contributed by atoms with E-state index in [1.54, 1.807) is 11.3 Å². The summed E-state index contributed by atoms with van der Waals surface area (Å²) in [6, 6.07) is 0.289. The Labute approximate surface area is 135 Å². The molecule has 0 radical (unpaired) electrons. The maximum atomic E-state index is 12.4. The molecule has 1 aliphatic carbocycles. The topological polar surface area (TPSA) is 59.2 Å². The molecule has 2 heterocycles. The van der Waals surface area contributed by atoms with E-state index in [0.29, 0.717) is 24.1 Å². The molecule has 2 atom stereocenters. The maximum absolute atomic E-state index is 12.4. The Bertz CT molecular complexity index is 464. The highest BCUT2D eigenvalue weighted by atomic mass is 35.5.